The quantitative estimate of drug-likeness (QED) is 0.443. The Balaban J connectivity index is 1.67. The number of thiocarbonyl (C=S) groups is 1. The molecule has 0 spiro atoms. The molecule has 150 valence electrons. The van der Waals surface area contributed by atoms with Gasteiger partial charge in [-0.3, -0.25) is 24.2 Å². The van der Waals surface area contributed by atoms with Gasteiger partial charge in [0, 0.05) is 17.8 Å². The highest BCUT2D eigenvalue weighted by atomic mass is 32.2. The van der Waals surface area contributed by atoms with Crippen molar-refractivity contribution in [3.05, 3.63) is 77.7 Å². The summed E-state index contributed by atoms with van der Waals surface area (Å²) in [5, 5.41) is 2.78. The van der Waals surface area contributed by atoms with Crippen molar-refractivity contribution in [3.63, 3.8) is 0 Å². The summed E-state index contributed by atoms with van der Waals surface area (Å²) in [6.07, 6.45) is 1.59. The van der Waals surface area contributed by atoms with E-state index in [0.717, 1.165) is 11.8 Å². The summed E-state index contributed by atoms with van der Waals surface area (Å²) < 4.78 is 0.382. The predicted molar refractivity (Wildman–Crippen MR) is 123 cm³/mol. The van der Waals surface area contributed by atoms with Gasteiger partial charge in [0.15, 0.2) is 0 Å². The third-order valence-corrected chi connectivity index (χ3v) is 6.12. The number of benzene rings is 2. The number of hydrogen-bond acceptors (Lipinski definition) is 5. The molecule has 1 fully saturated rings. The van der Waals surface area contributed by atoms with Gasteiger partial charge in [-0.05, 0) is 18.2 Å². The van der Waals surface area contributed by atoms with Gasteiger partial charge in [-0.25, -0.2) is 0 Å². The molecule has 0 aromatic heterocycles. The van der Waals surface area contributed by atoms with Gasteiger partial charge >= 0.3 is 0 Å². The number of thioether (sulfide) groups is 1. The summed E-state index contributed by atoms with van der Waals surface area (Å²) >= 11 is 6.40. The van der Waals surface area contributed by atoms with Crippen LogP contribution in [0.1, 0.15) is 5.56 Å². The number of para-hydroxylation sites is 2. The summed E-state index contributed by atoms with van der Waals surface area (Å²) in [7, 11) is 0. The number of nitrogens with one attached hydrogen (secondary N) is 1. The number of rotatable bonds is 5. The van der Waals surface area contributed by atoms with Crippen LogP contribution in [0.3, 0.4) is 0 Å². The SMILES string of the molecule is C=CCN1C(=O)C(=C2C(=O)N(CC(=O)Nc3ccccc3)c3ccccc32)SC1=S. The van der Waals surface area contributed by atoms with Gasteiger partial charge in [-0.2, -0.15) is 0 Å². The first-order valence-corrected chi connectivity index (χ1v) is 10.4. The Bertz CT molecular complexity index is 1110. The van der Waals surface area contributed by atoms with E-state index >= 15 is 0 Å². The van der Waals surface area contributed by atoms with E-state index in [4.69, 9.17) is 12.2 Å². The van der Waals surface area contributed by atoms with Crippen molar-refractivity contribution in [2.45, 2.75) is 0 Å². The molecule has 8 heteroatoms. The van der Waals surface area contributed by atoms with E-state index in [1.54, 1.807) is 42.5 Å². The molecule has 0 saturated carbocycles. The zero-order chi connectivity index (χ0) is 21.3. The second-order valence-electron chi connectivity index (χ2n) is 6.60. The van der Waals surface area contributed by atoms with E-state index in [-0.39, 0.29) is 35.4 Å². The van der Waals surface area contributed by atoms with Crippen LogP contribution in [0, 0.1) is 0 Å². The molecule has 1 saturated heterocycles. The number of carbonyl (C=O) groups excluding carboxylic acids is 3. The highest BCUT2D eigenvalue weighted by Gasteiger charge is 2.42. The Morgan fingerprint density at radius 1 is 1.03 bits per heavy atom. The van der Waals surface area contributed by atoms with Crippen LogP contribution in [0.25, 0.3) is 5.57 Å². The second kappa shape index (κ2) is 8.25. The molecular weight excluding hydrogens is 418 g/mol. The fraction of sp³-hybridized carbons (Fsp3) is 0.0909. The lowest BCUT2D eigenvalue weighted by molar-refractivity contribution is -0.122. The van der Waals surface area contributed by atoms with Crippen LogP contribution >= 0.6 is 24.0 Å². The highest BCUT2D eigenvalue weighted by Crippen LogP contribution is 2.44. The zero-order valence-corrected chi connectivity index (χ0v) is 17.5. The lowest BCUT2D eigenvalue weighted by Gasteiger charge is -2.16. The van der Waals surface area contributed by atoms with Gasteiger partial charge in [0.1, 0.15) is 10.9 Å². The molecule has 2 heterocycles. The lowest BCUT2D eigenvalue weighted by Crippen LogP contribution is -2.35. The molecule has 0 unspecified atom stereocenters. The van der Waals surface area contributed by atoms with Crippen LogP contribution in [0.15, 0.2) is 72.2 Å². The number of fused-ring (bicyclic) bond motifs is 1. The van der Waals surface area contributed by atoms with E-state index in [1.807, 2.05) is 18.2 Å². The maximum absolute atomic E-state index is 13.3. The van der Waals surface area contributed by atoms with Gasteiger partial charge in [-0.15, -0.1) is 6.58 Å². The third kappa shape index (κ3) is 3.55. The number of anilines is 2. The lowest BCUT2D eigenvalue weighted by atomic mass is 10.1. The fourth-order valence-corrected chi connectivity index (χ4v) is 4.70. The van der Waals surface area contributed by atoms with Gasteiger partial charge in [0.05, 0.1) is 16.2 Å². The van der Waals surface area contributed by atoms with Crippen LogP contribution in [-0.4, -0.2) is 40.0 Å². The minimum absolute atomic E-state index is 0.165. The van der Waals surface area contributed by atoms with Crippen molar-refractivity contribution in [3.8, 4) is 0 Å². The first kappa shape index (κ1) is 20.1. The Labute approximate surface area is 183 Å². The van der Waals surface area contributed by atoms with Crippen molar-refractivity contribution >= 4 is 63.0 Å². The average Bonchev–Trinajstić information content (AvgIpc) is 3.17. The molecule has 0 bridgehead atoms. The smallest absolute Gasteiger partial charge is 0.267 e. The van der Waals surface area contributed by atoms with Crippen molar-refractivity contribution in [2.75, 3.05) is 23.3 Å². The Morgan fingerprint density at radius 2 is 1.73 bits per heavy atom. The van der Waals surface area contributed by atoms with Crippen LogP contribution in [0.2, 0.25) is 0 Å². The third-order valence-electron chi connectivity index (χ3n) is 4.67. The fourth-order valence-electron chi connectivity index (χ4n) is 3.36. The summed E-state index contributed by atoms with van der Waals surface area (Å²) in [6.45, 7) is 3.76. The highest BCUT2D eigenvalue weighted by molar-refractivity contribution is 8.26. The van der Waals surface area contributed by atoms with Crippen molar-refractivity contribution in [2.24, 2.45) is 0 Å². The number of nitrogens with zero attached hydrogens (tertiary/aromatic N) is 2. The molecule has 2 aliphatic rings. The topological polar surface area (TPSA) is 69.7 Å². The standard InChI is InChI=1S/C22H17N3O3S2/c1-2-12-24-21(28)19(30-22(24)29)18-15-10-6-7-11-16(15)25(20(18)27)13-17(26)23-14-8-4-3-5-9-14/h2-11H,1,12-13H2,(H,23,26). The molecule has 3 amide bonds. The predicted octanol–water partition coefficient (Wildman–Crippen LogP) is 3.43. The Morgan fingerprint density at radius 3 is 2.47 bits per heavy atom. The van der Waals surface area contributed by atoms with E-state index in [2.05, 4.69) is 11.9 Å². The average molecular weight is 436 g/mol. The second-order valence-corrected chi connectivity index (χ2v) is 8.24. The summed E-state index contributed by atoms with van der Waals surface area (Å²) in [5.41, 5.74) is 2.14. The Hall–Kier alpha value is -3.23. The number of hydrogen-bond donors (Lipinski definition) is 1. The van der Waals surface area contributed by atoms with Crippen LogP contribution in [0.4, 0.5) is 11.4 Å². The van der Waals surface area contributed by atoms with Gasteiger partial charge in [-0.1, -0.05) is 66.5 Å². The minimum Gasteiger partial charge on any atom is -0.325 e. The number of carbonyl (C=O) groups is 3. The molecule has 1 N–H and O–H groups in total. The largest absolute Gasteiger partial charge is 0.325 e. The van der Waals surface area contributed by atoms with Gasteiger partial charge < -0.3 is 5.32 Å². The normalized spacial score (nSPS) is 18.1. The zero-order valence-electron chi connectivity index (χ0n) is 15.8. The molecule has 2 aromatic carbocycles. The summed E-state index contributed by atoms with van der Waals surface area (Å²) in [5.74, 6) is -1.04. The first-order chi connectivity index (χ1) is 14.5. The molecule has 6 nitrogen and oxygen atoms in total. The number of amides is 3. The monoisotopic (exact) mass is 435 g/mol. The van der Waals surface area contributed by atoms with E-state index < -0.39 is 5.91 Å². The van der Waals surface area contributed by atoms with Crippen LogP contribution in [-0.2, 0) is 14.4 Å². The van der Waals surface area contributed by atoms with E-state index in [0.29, 0.717) is 21.3 Å². The van der Waals surface area contributed by atoms with Gasteiger partial charge in [0.2, 0.25) is 5.91 Å². The molecule has 4 rings (SSSR count). The van der Waals surface area contributed by atoms with Crippen molar-refractivity contribution in [1.29, 1.82) is 0 Å². The van der Waals surface area contributed by atoms with E-state index in [9.17, 15) is 14.4 Å². The molecule has 30 heavy (non-hydrogen) atoms. The molecule has 0 radical (unpaired) electrons. The summed E-state index contributed by atoms with van der Waals surface area (Å²) in [4.78, 5) is 41.8. The van der Waals surface area contributed by atoms with Crippen molar-refractivity contribution < 1.29 is 14.4 Å². The molecule has 2 aromatic rings. The summed E-state index contributed by atoms with van der Waals surface area (Å²) in [6, 6.07) is 16.2. The maximum atomic E-state index is 13.3. The first-order valence-electron chi connectivity index (χ1n) is 9.16. The Kier molecular flexibility index (Phi) is 5.52. The minimum atomic E-state index is -0.390. The molecule has 0 atom stereocenters. The van der Waals surface area contributed by atoms with E-state index in [1.165, 1.54) is 9.80 Å². The molecule has 2 aliphatic heterocycles. The molecule has 0 aliphatic carbocycles. The maximum Gasteiger partial charge on any atom is 0.267 e. The van der Waals surface area contributed by atoms with Crippen molar-refractivity contribution in [1.82, 2.24) is 4.90 Å². The van der Waals surface area contributed by atoms with Crippen LogP contribution < -0.4 is 10.2 Å². The van der Waals surface area contributed by atoms with Gasteiger partial charge in [0.25, 0.3) is 11.8 Å². The molecular formula is C22H17N3O3S2. The van der Waals surface area contributed by atoms with Crippen LogP contribution in [0.5, 0.6) is 0 Å².